The van der Waals surface area contributed by atoms with Crippen LogP contribution in [0, 0.1) is 12.7 Å². The van der Waals surface area contributed by atoms with E-state index in [1.165, 1.54) is 41.2 Å². The number of aromatic amines is 1. The van der Waals surface area contributed by atoms with Gasteiger partial charge in [-0.3, -0.25) is 9.52 Å². The van der Waals surface area contributed by atoms with E-state index in [4.69, 9.17) is 15.2 Å². The predicted octanol–water partition coefficient (Wildman–Crippen LogP) is 5.00. The van der Waals surface area contributed by atoms with Gasteiger partial charge in [-0.25, -0.2) is 9.07 Å². The number of nitrogens with two attached hydrogens (primary N) is 1. The van der Waals surface area contributed by atoms with Crippen LogP contribution in [0.25, 0.3) is 16.6 Å². The van der Waals surface area contributed by atoms with Gasteiger partial charge in [0.1, 0.15) is 11.6 Å². The van der Waals surface area contributed by atoms with Gasteiger partial charge < -0.3 is 24.9 Å². The summed E-state index contributed by atoms with van der Waals surface area (Å²) in [5.41, 5.74) is 7.69. The second kappa shape index (κ2) is 12.4. The number of anilines is 2. The van der Waals surface area contributed by atoms with Crippen LogP contribution < -0.4 is 19.9 Å². The summed E-state index contributed by atoms with van der Waals surface area (Å²) in [6.45, 7) is -0.909. The van der Waals surface area contributed by atoms with Gasteiger partial charge in [-0.15, -0.1) is 0 Å². The number of aromatic nitrogens is 3. The molecule has 6 rings (SSSR count). The van der Waals surface area contributed by atoms with Gasteiger partial charge in [-0.05, 0) is 61.0 Å². The molecule has 0 unspecified atom stereocenters. The fourth-order valence-corrected chi connectivity index (χ4v) is 6.20. The first-order chi connectivity index (χ1) is 22.0. The van der Waals surface area contributed by atoms with Crippen LogP contribution >= 0.6 is 0 Å². The topological polar surface area (TPSA) is 154 Å². The standard InChI is InChI=1S/C30H27F3N6O6S/c1-17-12-19(44-26-5-3-2-4-21(26)31)6-7-25(17)39-29(34)20(16-35-39)28(40)24-13-18-14-27(45-30(32)33)23(15-22(18)36-24)37-46(41,42)38-8-10-43-11-9-38/h2-7,12-16,30,36-37H,8-11,34H2,1H3. The first-order valence-electron chi connectivity index (χ1n) is 13.9. The fourth-order valence-electron chi connectivity index (χ4n) is 5.00. The smallest absolute Gasteiger partial charge is 0.387 e. The molecule has 4 N–H and O–H groups in total. The maximum Gasteiger partial charge on any atom is 0.387 e. The van der Waals surface area contributed by atoms with Crippen molar-refractivity contribution in [3.63, 3.8) is 0 Å². The van der Waals surface area contributed by atoms with Gasteiger partial charge in [0.15, 0.2) is 17.3 Å². The fraction of sp³-hybridized carbons (Fsp3) is 0.200. The molecule has 240 valence electrons. The lowest BCUT2D eigenvalue weighted by atomic mass is 10.1. The molecule has 5 aromatic rings. The summed E-state index contributed by atoms with van der Waals surface area (Å²) in [6.07, 6.45) is 1.29. The van der Waals surface area contributed by atoms with Gasteiger partial charge in [-0.2, -0.15) is 26.6 Å². The van der Waals surface area contributed by atoms with Crippen molar-refractivity contribution in [3.05, 3.63) is 89.5 Å². The molecule has 1 aliphatic heterocycles. The van der Waals surface area contributed by atoms with Gasteiger partial charge in [0.25, 0.3) is 0 Å². The molecule has 1 aliphatic rings. The van der Waals surface area contributed by atoms with Gasteiger partial charge in [0.05, 0.1) is 42.0 Å². The number of nitrogens with one attached hydrogen (secondary N) is 2. The zero-order chi connectivity index (χ0) is 32.6. The first kappa shape index (κ1) is 30.9. The number of carbonyl (C=O) groups excluding carboxylic acids is 1. The van der Waals surface area contributed by atoms with Crippen LogP contribution in [-0.4, -0.2) is 66.2 Å². The third-order valence-electron chi connectivity index (χ3n) is 7.24. The molecule has 0 saturated carbocycles. The number of benzene rings is 3. The number of nitrogens with zero attached hydrogens (tertiary/aromatic N) is 3. The Morgan fingerprint density at radius 3 is 2.57 bits per heavy atom. The van der Waals surface area contributed by atoms with E-state index in [-0.39, 0.29) is 60.3 Å². The molecule has 0 aliphatic carbocycles. The number of ketones is 1. The summed E-state index contributed by atoms with van der Waals surface area (Å²) >= 11 is 0. The average Bonchev–Trinajstić information content (AvgIpc) is 3.61. The zero-order valence-corrected chi connectivity index (χ0v) is 25.0. The third-order valence-corrected chi connectivity index (χ3v) is 8.77. The highest BCUT2D eigenvalue weighted by atomic mass is 32.2. The summed E-state index contributed by atoms with van der Waals surface area (Å²) in [5.74, 6) is -1.02. The van der Waals surface area contributed by atoms with E-state index in [1.807, 2.05) is 0 Å². The summed E-state index contributed by atoms with van der Waals surface area (Å²) in [5, 5.41) is 4.59. The molecule has 0 spiro atoms. The van der Waals surface area contributed by atoms with Crippen molar-refractivity contribution in [2.24, 2.45) is 0 Å². The molecule has 1 fully saturated rings. The second-order valence-electron chi connectivity index (χ2n) is 10.3. The zero-order valence-electron chi connectivity index (χ0n) is 24.2. The molecule has 12 nitrogen and oxygen atoms in total. The Bertz CT molecular complexity index is 2040. The van der Waals surface area contributed by atoms with E-state index < -0.39 is 34.2 Å². The second-order valence-corrected chi connectivity index (χ2v) is 12.0. The molecular formula is C30H27F3N6O6S. The van der Waals surface area contributed by atoms with Crippen molar-refractivity contribution >= 4 is 38.4 Å². The van der Waals surface area contributed by atoms with E-state index in [0.717, 1.165) is 4.31 Å². The minimum atomic E-state index is -4.12. The number of para-hydroxylation sites is 1. The SMILES string of the molecule is Cc1cc(Oc2ccccc2F)ccc1-n1ncc(C(=O)c2cc3cc(OC(F)F)c(NS(=O)(=O)N4CCOCC4)cc3[nH]2)c1N. The van der Waals surface area contributed by atoms with Crippen molar-refractivity contribution in [1.29, 1.82) is 0 Å². The van der Waals surface area contributed by atoms with Crippen LogP contribution in [0.1, 0.15) is 21.6 Å². The molecule has 3 heterocycles. The van der Waals surface area contributed by atoms with Crippen molar-refractivity contribution < 1.29 is 40.6 Å². The maximum absolute atomic E-state index is 14.0. The molecule has 0 amide bonds. The predicted molar refractivity (Wildman–Crippen MR) is 162 cm³/mol. The van der Waals surface area contributed by atoms with E-state index in [9.17, 15) is 26.4 Å². The van der Waals surface area contributed by atoms with Crippen molar-refractivity contribution in [1.82, 2.24) is 19.1 Å². The summed E-state index contributed by atoms with van der Waals surface area (Å²) in [7, 11) is -4.12. The number of morpholine rings is 1. The van der Waals surface area contributed by atoms with Crippen LogP contribution in [-0.2, 0) is 14.9 Å². The Labute approximate surface area is 260 Å². The molecule has 0 radical (unpaired) electrons. The summed E-state index contributed by atoms with van der Waals surface area (Å²) < 4.78 is 86.6. The summed E-state index contributed by atoms with van der Waals surface area (Å²) in [6, 6.07) is 14.8. The van der Waals surface area contributed by atoms with Crippen molar-refractivity contribution in [3.8, 4) is 22.9 Å². The first-order valence-corrected chi connectivity index (χ1v) is 15.3. The van der Waals surface area contributed by atoms with Crippen LogP contribution in [0.2, 0.25) is 0 Å². The number of rotatable bonds is 10. The highest BCUT2D eigenvalue weighted by molar-refractivity contribution is 7.90. The van der Waals surface area contributed by atoms with Crippen LogP contribution in [0.15, 0.2) is 66.9 Å². The van der Waals surface area contributed by atoms with Crippen molar-refractivity contribution in [2.45, 2.75) is 13.5 Å². The Morgan fingerprint density at radius 1 is 1.09 bits per heavy atom. The van der Waals surface area contributed by atoms with Crippen molar-refractivity contribution in [2.75, 3.05) is 36.8 Å². The number of alkyl halides is 2. The average molecular weight is 657 g/mol. The molecule has 2 aromatic heterocycles. The van der Waals surface area contributed by atoms with Crippen LogP contribution in [0.4, 0.5) is 24.7 Å². The molecule has 3 aromatic carbocycles. The highest BCUT2D eigenvalue weighted by Gasteiger charge is 2.27. The maximum atomic E-state index is 14.0. The number of H-pyrrole nitrogens is 1. The molecule has 0 bridgehead atoms. The van der Waals surface area contributed by atoms with Gasteiger partial charge in [0, 0.05) is 24.0 Å². The number of halogens is 3. The van der Waals surface area contributed by atoms with E-state index in [0.29, 0.717) is 22.4 Å². The number of nitrogen functional groups attached to an aromatic ring is 1. The lowest BCUT2D eigenvalue weighted by Gasteiger charge is -2.26. The van der Waals surface area contributed by atoms with E-state index >= 15 is 0 Å². The Morgan fingerprint density at radius 2 is 1.85 bits per heavy atom. The molecular weight excluding hydrogens is 629 g/mol. The van der Waals surface area contributed by atoms with Crippen LogP contribution in [0.3, 0.4) is 0 Å². The number of ether oxygens (including phenoxy) is 3. The van der Waals surface area contributed by atoms with Gasteiger partial charge >= 0.3 is 16.8 Å². The molecule has 1 saturated heterocycles. The monoisotopic (exact) mass is 656 g/mol. The lowest BCUT2D eigenvalue weighted by Crippen LogP contribution is -2.43. The van der Waals surface area contributed by atoms with Gasteiger partial charge in [-0.1, -0.05) is 12.1 Å². The number of hydrogen-bond acceptors (Lipinski definition) is 8. The largest absolute Gasteiger partial charge is 0.454 e. The number of carbonyl (C=O) groups is 1. The molecule has 16 heteroatoms. The Kier molecular flexibility index (Phi) is 8.33. The number of aryl methyl sites for hydroxylation is 1. The number of hydrogen-bond donors (Lipinski definition) is 3. The minimum Gasteiger partial charge on any atom is -0.454 e. The minimum absolute atomic E-state index is 0.0233. The molecule has 0 atom stereocenters. The Hall–Kier alpha value is -5.06. The normalized spacial score (nSPS) is 14.1. The quantitative estimate of drug-likeness (QED) is 0.178. The van der Waals surface area contributed by atoms with E-state index in [2.05, 4.69) is 19.5 Å². The Balaban J connectivity index is 1.27. The third kappa shape index (κ3) is 6.22. The molecule has 46 heavy (non-hydrogen) atoms. The van der Waals surface area contributed by atoms with Crippen LogP contribution in [0.5, 0.6) is 17.2 Å². The summed E-state index contributed by atoms with van der Waals surface area (Å²) in [4.78, 5) is 16.4. The highest BCUT2D eigenvalue weighted by Crippen LogP contribution is 2.34. The number of fused-ring (bicyclic) bond motifs is 1. The van der Waals surface area contributed by atoms with E-state index in [1.54, 1.807) is 37.3 Å². The lowest BCUT2D eigenvalue weighted by molar-refractivity contribution is -0.0492. The van der Waals surface area contributed by atoms with Gasteiger partial charge in [0.2, 0.25) is 5.78 Å².